The molecule has 2 nitrogen and oxygen atoms in total. The van der Waals surface area contributed by atoms with Gasteiger partial charge in [0.1, 0.15) is 5.82 Å². The normalized spacial score (nSPS) is 22.8. The predicted molar refractivity (Wildman–Crippen MR) is 90.2 cm³/mol. The SMILES string of the molecule is CC1(C)NC(=O)[C@@H](c2ccc(C(F)(F)F)cc2)C[C@H]1c1ccc(F)cc1. The molecular weight excluding hydrogens is 346 g/mol. The number of rotatable bonds is 2. The third-order valence-electron chi connectivity index (χ3n) is 5.02. The fourth-order valence-corrected chi connectivity index (χ4v) is 3.57. The Morgan fingerprint density at radius 2 is 1.50 bits per heavy atom. The molecule has 2 aromatic rings. The molecule has 1 saturated heterocycles. The molecule has 138 valence electrons. The van der Waals surface area contributed by atoms with Crippen molar-refractivity contribution in [3.05, 3.63) is 71.0 Å². The zero-order valence-electron chi connectivity index (χ0n) is 14.4. The topological polar surface area (TPSA) is 29.1 Å². The average Bonchev–Trinajstić information content (AvgIpc) is 2.55. The lowest BCUT2D eigenvalue weighted by Crippen LogP contribution is -2.54. The van der Waals surface area contributed by atoms with Crippen LogP contribution >= 0.6 is 0 Å². The molecule has 1 fully saturated rings. The summed E-state index contributed by atoms with van der Waals surface area (Å²) in [4.78, 5) is 12.5. The van der Waals surface area contributed by atoms with Gasteiger partial charge < -0.3 is 5.32 Å². The molecule has 1 heterocycles. The van der Waals surface area contributed by atoms with Crippen molar-refractivity contribution in [3.63, 3.8) is 0 Å². The number of hydrogen-bond donors (Lipinski definition) is 1. The van der Waals surface area contributed by atoms with Gasteiger partial charge in [0, 0.05) is 11.5 Å². The first-order valence-electron chi connectivity index (χ1n) is 8.32. The van der Waals surface area contributed by atoms with Gasteiger partial charge in [0.25, 0.3) is 0 Å². The van der Waals surface area contributed by atoms with Crippen molar-refractivity contribution in [2.45, 2.75) is 43.8 Å². The number of carbonyl (C=O) groups is 1. The maximum Gasteiger partial charge on any atom is 0.416 e. The molecule has 1 aliphatic heterocycles. The molecule has 1 aliphatic rings. The molecule has 1 amide bonds. The highest BCUT2D eigenvalue weighted by molar-refractivity contribution is 5.85. The maximum absolute atomic E-state index is 13.2. The summed E-state index contributed by atoms with van der Waals surface area (Å²) in [7, 11) is 0. The number of alkyl halides is 3. The fourth-order valence-electron chi connectivity index (χ4n) is 3.57. The Morgan fingerprint density at radius 3 is 2.04 bits per heavy atom. The van der Waals surface area contributed by atoms with Crippen LogP contribution in [0.15, 0.2) is 48.5 Å². The minimum absolute atomic E-state index is 0.0897. The van der Waals surface area contributed by atoms with Gasteiger partial charge in [-0.1, -0.05) is 24.3 Å². The summed E-state index contributed by atoms with van der Waals surface area (Å²) in [5.74, 6) is -1.20. The van der Waals surface area contributed by atoms with E-state index in [1.54, 1.807) is 12.1 Å². The van der Waals surface area contributed by atoms with E-state index in [0.717, 1.165) is 17.7 Å². The van der Waals surface area contributed by atoms with Crippen molar-refractivity contribution in [3.8, 4) is 0 Å². The summed E-state index contributed by atoms with van der Waals surface area (Å²) in [5.41, 5.74) is 0.136. The quantitative estimate of drug-likeness (QED) is 0.745. The number of hydrogen-bond acceptors (Lipinski definition) is 1. The zero-order valence-corrected chi connectivity index (χ0v) is 14.4. The van der Waals surface area contributed by atoms with E-state index in [2.05, 4.69) is 5.32 Å². The smallest absolute Gasteiger partial charge is 0.350 e. The lowest BCUT2D eigenvalue weighted by molar-refractivity contribution is -0.137. The van der Waals surface area contributed by atoms with E-state index in [9.17, 15) is 22.4 Å². The van der Waals surface area contributed by atoms with Crippen molar-refractivity contribution in [1.29, 1.82) is 0 Å². The van der Waals surface area contributed by atoms with E-state index in [4.69, 9.17) is 0 Å². The summed E-state index contributed by atoms with van der Waals surface area (Å²) in [6, 6.07) is 10.8. The molecule has 0 radical (unpaired) electrons. The summed E-state index contributed by atoms with van der Waals surface area (Å²) in [6.45, 7) is 3.78. The zero-order chi connectivity index (χ0) is 19.1. The Morgan fingerprint density at radius 1 is 0.962 bits per heavy atom. The van der Waals surface area contributed by atoms with E-state index < -0.39 is 23.2 Å². The van der Waals surface area contributed by atoms with Crippen molar-refractivity contribution in [2.24, 2.45) is 0 Å². The van der Waals surface area contributed by atoms with Crippen molar-refractivity contribution < 1.29 is 22.4 Å². The van der Waals surface area contributed by atoms with E-state index >= 15 is 0 Å². The van der Waals surface area contributed by atoms with Crippen molar-refractivity contribution in [2.75, 3.05) is 0 Å². The Balaban J connectivity index is 1.91. The van der Waals surface area contributed by atoms with E-state index in [-0.39, 0.29) is 17.6 Å². The lowest BCUT2D eigenvalue weighted by Gasteiger charge is -2.43. The van der Waals surface area contributed by atoms with E-state index in [0.29, 0.717) is 12.0 Å². The number of carbonyl (C=O) groups excluding carboxylic acids is 1. The molecule has 3 rings (SSSR count). The largest absolute Gasteiger partial charge is 0.416 e. The maximum atomic E-state index is 13.2. The Hall–Kier alpha value is -2.37. The molecule has 0 saturated carbocycles. The Bertz CT molecular complexity index is 794. The third kappa shape index (κ3) is 3.59. The number of piperidine rings is 1. The molecule has 0 aromatic heterocycles. The number of halogens is 4. The van der Waals surface area contributed by atoms with Gasteiger partial charge in [0.2, 0.25) is 5.91 Å². The van der Waals surface area contributed by atoms with E-state index in [1.807, 2.05) is 13.8 Å². The highest BCUT2D eigenvalue weighted by atomic mass is 19.4. The van der Waals surface area contributed by atoms with Crippen LogP contribution in [0, 0.1) is 5.82 Å². The Kier molecular flexibility index (Phi) is 4.54. The highest BCUT2D eigenvalue weighted by Crippen LogP contribution is 2.42. The van der Waals surface area contributed by atoms with Gasteiger partial charge in [-0.3, -0.25) is 4.79 Å². The molecule has 0 bridgehead atoms. The van der Waals surface area contributed by atoms with Crippen LogP contribution in [0.3, 0.4) is 0 Å². The van der Waals surface area contributed by atoms with Crippen LogP contribution in [0.25, 0.3) is 0 Å². The first-order chi connectivity index (χ1) is 12.1. The molecule has 0 unspecified atom stereocenters. The van der Waals surface area contributed by atoms with Gasteiger partial charge in [-0.05, 0) is 55.7 Å². The van der Waals surface area contributed by atoms with Gasteiger partial charge in [-0.15, -0.1) is 0 Å². The lowest BCUT2D eigenvalue weighted by atomic mass is 9.71. The highest BCUT2D eigenvalue weighted by Gasteiger charge is 2.42. The molecule has 2 atom stereocenters. The summed E-state index contributed by atoms with van der Waals surface area (Å²) >= 11 is 0. The molecular formula is C20H19F4NO. The fraction of sp³-hybridized carbons (Fsp3) is 0.350. The minimum Gasteiger partial charge on any atom is -0.350 e. The van der Waals surface area contributed by atoms with Crippen molar-refractivity contribution in [1.82, 2.24) is 5.32 Å². The van der Waals surface area contributed by atoms with Crippen LogP contribution in [0.2, 0.25) is 0 Å². The molecule has 6 heteroatoms. The molecule has 26 heavy (non-hydrogen) atoms. The van der Waals surface area contributed by atoms with Crippen LogP contribution in [0.5, 0.6) is 0 Å². The third-order valence-corrected chi connectivity index (χ3v) is 5.02. The summed E-state index contributed by atoms with van der Waals surface area (Å²) in [5, 5.41) is 2.96. The van der Waals surface area contributed by atoms with Crippen LogP contribution in [0.1, 0.15) is 48.8 Å². The number of amides is 1. The molecule has 0 aliphatic carbocycles. The second kappa shape index (κ2) is 6.41. The van der Waals surface area contributed by atoms with Gasteiger partial charge >= 0.3 is 6.18 Å². The van der Waals surface area contributed by atoms with E-state index in [1.165, 1.54) is 24.3 Å². The Labute approximate surface area is 149 Å². The van der Waals surface area contributed by atoms with Gasteiger partial charge in [0.05, 0.1) is 11.5 Å². The van der Waals surface area contributed by atoms with Gasteiger partial charge in [0.15, 0.2) is 0 Å². The monoisotopic (exact) mass is 365 g/mol. The predicted octanol–water partition coefficient (Wildman–Crippen LogP) is 5.01. The van der Waals surface area contributed by atoms with Crippen LogP contribution in [-0.2, 0) is 11.0 Å². The second-order valence-electron chi connectivity index (χ2n) is 7.22. The molecule has 2 aromatic carbocycles. The minimum atomic E-state index is -4.41. The first-order valence-corrected chi connectivity index (χ1v) is 8.32. The standard InChI is InChI=1S/C20H19F4NO/c1-19(2)17(13-5-9-15(21)10-6-13)11-16(18(26)25-19)12-3-7-14(8-4-12)20(22,23)24/h3-10,16-17H,11H2,1-2H3,(H,25,26)/t16-,17+/m1/s1. The van der Waals surface area contributed by atoms with Gasteiger partial charge in [-0.25, -0.2) is 4.39 Å². The van der Waals surface area contributed by atoms with Crippen LogP contribution < -0.4 is 5.32 Å². The summed E-state index contributed by atoms with van der Waals surface area (Å²) < 4.78 is 51.5. The molecule has 1 N–H and O–H groups in total. The molecule has 0 spiro atoms. The average molecular weight is 365 g/mol. The van der Waals surface area contributed by atoms with Crippen LogP contribution in [0.4, 0.5) is 17.6 Å². The first kappa shape index (κ1) is 18.4. The summed E-state index contributed by atoms with van der Waals surface area (Å²) in [6.07, 6.45) is -3.97. The van der Waals surface area contributed by atoms with Gasteiger partial charge in [-0.2, -0.15) is 13.2 Å². The number of benzene rings is 2. The van der Waals surface area contributed by atoms with Crippen molar-refractivity contribution >= 4 is 5.91 Å². The second-order valence-corrected chi connectivity index (χ2v) is 7.22. The van der Waals surface area contributed by atoms with Crippen LogP contribution in [-0.4, -0.2) is 11.4 Å². The number of nitrogens with one attached hydrogen (secondary N) is 1.